The van der Waals surface area contributed by atoms with Crippen LogP contribution in [0.25, 0.3) is 0 Å². The van der Waals surface area contributed by atoms with Crippen molar-refractivity contribution in [2.24, 2.45) is 5.73 Å². The molecule has 1 heterocycles. The predicted octanol–water partition coefficient (Wildman–Crippen LogP) is 3.38. The van der Waals surface area contributed by atoms with E-state index in [2.05, 4.69) is 69.4 Å². The van der Waals surface area contributed by atoms with Crippen LogP contribution in [0.1, 0.15) is 11.5 Å². The highest BCUT2D eigenvalue weighted by Crippen LogP contribution is 2.30. The first-order valence-corrected chi connectivity index (χ1v) is 7.34. The van der Waals surface area contributed by atoms with Gasteiger partial charge in [-0.15, -0.1) is 0 Å². The topological polar surface area (TPSA) is 29.3 Å². The quantitative estimate of drug-likeness (QED) is 0.920. The van der Waals surface area contributed by atoms with E-state index in [0.717, 1.165) is 17.6 Å². The van der Waals surface area contributed by atoms with E-state index in [-0.39, 0.29) is 6.04 Å². The van der Waals surface area contributed by atoms with Gasteiger partial charge in [-0.25, -0.2) is 0 Å². The van der Waals surface area contributed by atoms with Crippen LogP contribution in [0.3, 0.4) is 0 Å². The van der Waals surface area contributed by atoms with Crippen LogP contribution in [0.15, 0.2) is 59.1 Å². The zero-order valence-corrected chi connectivity index (χ0v) is 12.3. The van der Waals surface area contributed by atoms with Crippen molar-refractivity contribution in [1.29, 1.82) is 0 Å². The molecule has 3 rings (SSSR count). The van der Waals surface area contributed by atoms with E-state index >= 15 is 0 Å². The van der Waals surface area contributed by atoms with Crippen molar-refractivity contribution >= 4 is 21.6 Å². The molecule has 2 unspecified atom stereocenters. The smallest absolute Gasteiger partial charge is 0.0366 e. The highest BCUT2D eigenvalue weighted by atomic mass is 79.9. The van der Waals surface area contributed by atoms with Crippen LogP contribution in [0.5, 0.6) is 0 Å². The second kappa shape index (κ2) is 5.35. The number of benzene rings is 2. The first kappa shape index (κ1) is 12.7. The monoisotopic (exact) mass is 316 g/mol. The van der Waals surface area contributed by atoms with Gasteiger partial charge in [0.25, 0.3) is 0 Å². The Morgan fingerprint density at radius 1 is 0.947 bits per heavy atom. The number of halogens is 1. The third kappa shape index (κ3) is 2.67. The molecule has 19 heavy (non-hydrogen) atoms. The molecule has 0 spiro atoms. The highest BCUT2D eigenvalue weighted by Gasteiger charge is 2.31. The molecule has 0 radical (unpaired) electrons. The molecule has 1 saturated heterocycles. The summed E-state index contributed by atoms with van der Waals surface area (Å²) < 4.78 is 1.11. The van der Waals surface area contributed by atoms with Crippen molar-refractivity contribution in [3.63, 3.8) is 0 Å². The lowest BCUT2D eigenvalue weighted by Crippen LogP contribution is -2.28. The fourth-order valence-corrected chi connectivity index (χ4v) is 3.01. The largest absolute Gasteiger partial charge is 0.369 e. The summed E-state index contributed by atoms with van der Waals surface area (Å²) in [6.45, 7) is 1.91. The van der Waals surface area contributed by atoms with Crippen molar-refractivity contribution < 1.29 is 0 Å². The molecule has 0 saturated carbocycles. The van der Waals surface area contributed by atoms with Crippen molar-refractivity contribution in [3.8, 4) is 0 Å². The van der Waals surface area contributed by atoms with Gasteiger partial charge in [0.2, 0.25) is 0 Å². The highest BCUT2D eigenvalue weighted by molar-refractivity contribution is 9.10. The van der Waals surface area contributed by atoms with E-state index in [1.54, 1.807) is 0 Å². The van der Waals surface area contributed by atoms with Crippen LogP contribution in [-0.2, 0) is 0 Å². The Balaban J connectivity index is 1.80. The fraction of sp³-hybridized carbons (Fsp3) is 0.250. The molecule has 0 aromatic heterocycles. The molecule has 2 aromatic rings. The van der Waals surface area contributed by atoms with Crippen molar-refractivity contribution in [2.75, 3.05) is 18.0 Å². The molecule has 2 atom stereocenters. The van der Waals surface area contributed by atoms with Crippen LogP contribution in [0.4, 0.5) is 5.69 Å². The minimum Gasteiger partial charge on any atom is -0.369 e. The Bertz CT molecular complexity index is 538. The molecule has 98 valence electrons. The molecule has 3 heteroatoms. The molecule has 1 aliphatic heterocycles. The molecule has 1 fully saturated rings. The summed E-state index contributed by atoms with van der Waals surface area (Å²) >= 11 is 3.48. The minimum absolute atomic E-state index is 0.196. The Kier molecular flexibility index (Phi) is 3.58. The SMILES string of the molecule is NC1CN(c2ccccc2)CC1c1ccc(Br)cc1. The maximum atomic E-state index is 6.32. The second-order valence-corrected chi connectivity index (χ2v) is 5.98. The van der Waals surface area contributed by atoms with Gasteiger partial charge in [-0.2, -0.15) is 0 Å². The molecule has 2 aromatic carbocycles. The lowest BCUT2D eigenvalue weighted by Gasteiger charge is -2.18. The van der Waals surface area contributed by atoms with Gasteiger partial charge in [-0.1, -0.05) is 46.3 Å². The number of nitrogens with two attached hydrogens (primary N) is 1. The molecule has 2 nitrogen and oxygen atoms in total. The van der Waals surface area contributed by atoms with Crippen LogP contribution in [0, 0.1) is 0 Å². The predicted molar refractivity (Wildman–Crippen MR) is 83.5 cm³/mol. The van der Waals surface area contributed by atoms with Crippen molar-refractivity contribution in [1.82, 2.24) is 0 Å². The van der Waals surface area contributed by atoms with Crippen molar-refractivity contribution in [3.05, 3.63) is 64.6 Å². The van der Waals surface area contributed by atoms with Crippen LogP contribution in [0.2, 0.25) is 0 Å². The minimum atomic E-state index is 0.196. The third-order valence-corrected chi connectivity index (χ3v) is 4.31. The van der Waals surface area contributed by atoms with Gasteiger partial charge in [-0.05, 0) is 29.8 Å². The van der Waals surface area contributed by atoms with E-state index in [1.807, 2.05) is 6.07 Å². The zero-order chi connectivity index (χ0) is 13.2. The third-order valence-electron chi connectivity index (χ3n) is 3.78. The summed E-state index contributed by atoms with van der Waals surface area (Å²) in [6, 6.07) is 19.2. The van der Waals surface area contributed by atoms with Crippen molar-refractivity contribution in [2.45, 2.75) is 12.0 Å². The van der Waals surface area contributed by atoms with Gasteiger partial charge in [0, 0.05) is 35.2 Å². The standard InChI is InChI=1S/C16H17BrN2/c17-13-8-6-12(7-9-13)15-10-19(11-16(15)18)14-4-2-1-3-5-14/h1-9,15-16H,10-11,18H2. The van der Waals surface area contributed by atoms with Crippen LogP contribution >= 0.6 is 15.9 Å². The summed E-state index contributed by atoms with van der Waals surface area (Å²) in [6.07, 6.45) is 0. The summed E-state index contributed by atoms with van der Waals surface area (Å²) in [7, 11) is 0. The molecular weight excluding hydrogens is 300 g/mol. The van der Waals surface area contributed by atoms with E-state index in [0.29, 0.717) is 5.92 Å². The lowest BCUT2D eigenvalue weighted by atomic mass is 9.95. The summed E-state index contributed by atoms with van der Waals surface area (Å²) in [4.78, 5) is 2.37. The second-order valence-electron chi connectivity index (χ2n) is 5.06. The van der Waals surface area contributed by atoms with Gasteiger partial charge in [0.05, 0.1) is 0 Å². The first-order chi connectivity index (χ1) is 9.24. The zero-order valence-electron chi connectivity index (χ0n) is 10.7. The number of anilines is 1. The average Bonchev–Trinajstić information content (AvgIpc) is 2.83. The maximum Gasteiger partial charge on any atom is 0.0366 e. The van der Waals surface area contributed by atoms with Gasteiger partial charge >= 0.3 is 0 Å². The van der Waals surface area contributed by atoms with Crippen LogP contribution in [-0.4, -0.2) is 19.1 Å². The Morgan fingerprint density at radius 2 is 1.63 bits per heavy atom. The first-order valence-electron chi connectivity index (χ1n) is 6.55. The normalized spacial score (nSPS) is 22.7. The maximum absolute atomic E-state index is 6.32. The van der Waals surface area contributed by atoms with Gasteiger partial charge in [0.1, 0.15) is 0 Å². The number of hydrogen-bond acceptors (Lipinski definition) is 2. The fourth-order valence-electron chi connectivity index (χ4n) is 2.74. The van der Waals surface area contributed by atoms with E-state index in [9.17, 15) is 0 Å². The molecular formula is C16H17BrN2. The molecule has 0 aliphatic carbocycles. The summed E-state index contributed by atoms with van der Waals surface area (Å²) in [5.41, 5.74) is 8.91. The van der Waals surface area contributed by atoms with E-state index < -0.39 is 0 Å². The lowest BCUT2D eigenvalue weighted by molar-refractivity contribution is 0.653. The Labute approximate surface area is 122 Å². The Morgan fingerprint density at radius 3 is 2.32 bits per heavy atom. The number of para-hydroxylation sites is 1. The Hall–Kier alpha value is -1.32. The number of hydrogen-bond donors (Lipinski definition) is 1. The van der Waals surface area contributed by atoms with E-state index in [1.165, 1.54) is 11.3 Å². The van der Waals surface area contributed by atoms with Gasteiger partial charge in [0.15, 0.2) is 0 Å². The molecule has 0 bridgehead atoms. The summed E-state index contributed by atoms with van der Waals surface area (Å²) in [5.74, 6) is 0.410. The molecule has 1 aliphatic rings. The average molecular weight is 317 g/mol. The molecule has 2 N–H and O–H groups in total. The summed E-state index contributed by atoms with van der Waals surface area (Å²) in [5, 5.41) is 0. The molecule has 0 amide bonds. The van der Waals surface area contributed by atoms with Gasteiger partial charge < -0.3 is 10.6 Å². The number of rotatable bonds is 2. The number of nitrogens with zero attached hydrogens (tertiary/aromatic N) is 1. The van der Waals surface area contributed by atoms with Crippen LogP contribution < -0.4 is 10.6 Å². The van der Waals surface area contributed by atoms with Gasteiger partial charge in [-0.3, -0.25) is 0 Å². The van der Waals surface area contributed by atoms with E-state index in [4.69, 9.17) is 5.73 Å².